The Kier molecular flexibility index (Phi) is 14.2. The molecule has 5 nitrogen and oxygen atoms in total. The zero-order valence-electron chi connectivity index (χ0n) is 52.6. The molecule has 0 unspecified atom stereocenters. The first-order valence-electron chi connectivity index (χ1n) is 31.2. The second-order valence-electron chi connectivity index (χ2n) is 24.9. The summed E-state index contributed by atoms with van der Waals surface area (Å²) in [4.78, 5) is 0. The molecule has 12 aromatic carbocycles. The highest BCUT2D eigenvalue weighted by atomic mass is 19.4. The number of fused-ring (bicyclic) bond motifs is 12. The zero-order valence-corrected chi connectivity index (χ0v) is 52.6. The predicted molar refractivity (Wildman–Crippen MR) is 369 cm³/mol. The molecule has 0 N–H and O–H groups in total. The van der Waals surface area contributed by atoms with E-state index in [0.717, 1.165) is 99.5 Å². The van der Waals surface area contributed by atoms with Crippen LogP contribution < -0.4 is 0 Å². The van der Waals surface area contributed by atoms with Gasteiger partial charge in [-0.05, 0) is 184 Å². The van der Waals surface area contributed by atoms with Gasteiger partial charge in [0.2, 0.25) is 0 Å². The lowest BCUT2D eigenvalue weighted by Gasteiger charge is -2.24. The molecular formula is C82H56F9N5. The van der Waals surface area contributed by atoms with Gasteiger partial charge in [0.15, 0.2) is 0 Å². The van der Waals surface area contributed by atoms with E-state index in [1.54, 1.807) is 83.6 Å². The van der Waals surface area contributed by atoms with E-state index in [1.807, 2.05) is 158 Å². The number of benzene rings is 12. The number of halogens is 9. The van der Waals surface area contributed by atoms with Crippen molar-refractivity contribution in [2.75, 3.05) is 0 Å². The fraction of sp³-hybridized carbons (Fsp3) is 0.110. The predicted octanol–water partition coefficient (Wildman–Crippen LogP) is 23.9. The van der Waals surface area contributed by atoms with Crippen LogP contribution in [0.3, 0.4) is 0 Å². The van der Waals surface area contributed by atoms with E-state index in [-0.39, 0.29) is 28.1 Å². The number of rotatable bonds is 6. The molecule has 0 aliphatic heterocycles. The van der Waals surface area contributed by atoms with Gasteiger partial charge >= 0.3 is 18.5 Å². The molecular weight excluding hydrogens is 1230 g/mol. The van der Waals surface area contributed by atoms with Crippen molar-refractivity contribution in [1.29, 1.82) is 5.26 Å². The van der Waals surface area contributed by atoms with Crippen molar-refractivity contribution in [3.8, 4) is 51.1 Å². The molecule has 4 heterocycles. The molecule has 0 fully saturated rings. The van der Waals surface area contributed by atoms with Gasteiger partial charge in [-0.1, -0.05) is 144 Å². The van der Waals surface area contributed by atoms with Crippen molar-refractivity contribution < 1.29 is 39.5 Å². The minimum Gasteiger partial charge on any atom is -0.309 e. The minimum absolute atomic E-state index is 0.0273. The molecule has 0 amide bonds. The Hall–Kier alpha value is -11.3. The monoisotopic (exact) mass is 1280 g/mol. The van der Waals surface area contributed by atoms with Crippen LogP contribution in [0.25, 0.3) is 132 Å². The van der Waals surface area contributed by atoms with Crippen LogP contribution in [-0.2, 0) is 18.5 Å². The maximum Gasteiger partial charge on any atom is 0.420 e. The van der Waals surface area contributed by atoms with Gasteiger partial charge in [0, 0.05) is 43.1 Å². The summed E-state index contributed by atoms with van der Waals surface area (Å²) in [5.74, 6) is 0. The molecule has 0 aliphatic carbocycles. The van der Waals surface area contributed by atoms with Crippen LogP contribution in [-0.4, -0.2) is 18.3 Å². The standard InChI is InChI=1S/C41H28F6N2.C41H28F3N3/c1-23-15-17-34-29(19-23)27-10-4-6-13-32(27)48(34)36-21-26(38-25(3)9-8-12-31(38)40(42,43)44)22-37(39(36)41(45,46)47)49-33-14-7-5-11-28(33)30-20-24(2)16-18-35(30)49;1-24-15-17-36-30(19-24)28-10-4-6-13-34(28)46(36)38-21-27(40-26(3)9-8-12-33(40)41(42,43)44)22-39(32(38)23-45)47-35-14-7-5-11-29(35)31-20-25(2)16-18-37(31)47/h4-22H,1-3H3;4-22H,1-3H3. The summed E-state index contributed by atoms with van der Waals surface area (Å²) in [6.45, 7) is 11.1. The minimum atomic E-state index is -4.91. The van der Waals surface area contributed by atoms with Gasteiger partial charge in [-0.2, -0.15) is 44.8 Å². The fourth-order valence-electron chi connectivity index (χ4n) is 14.6. The molecule has 0 aliphatic rings. The van der Waals surface area contributed by atoms with Gasteiger partial charge in [-0.3, -0.25) is 0 Å². The van der Waals surface area contributed by atoms with E-state index in [2.05, 4.69) is 18.2 Å². The highest BCUT2D eigenvalue weighted by molar-refractivity contribution is 6.14. The van der Waals surface area contributed by atoms with Gasteiger partial charge in [0.05, 0.1) is 78.0 Å². The summed E-state index contributed by atoms with van der Waals surface area (Å²) in [5.41, 5.74) is 8.98. The molecule has 14 heteroatoms. The smallest absolute Gasteiger partial charge is 0.309 e. The van der Waals surface area contributed by atoms with E-state index >= 15 is 13.2 Å². The Morgan fingerprint density at radius 2 is 0.552 bits per heavy atom. The highest BCUT2D eigenvalue weighted by Crippen LogP contribution is 2.50. The lowest BCUT2D eigenvalue weighted by molar-refractivity contribution is -0.138. The first kappa shape index (κ1) is 60.9. The van der Waals surface area contributed by atoms with Crippen LogP contribution in [0.2, 0.25) is 0 Å². The van der Waals surface area contributed by atoms with Gasteiger partial charge in [-0.25, -0.2) is 0 Å². The van der Waals surface area contributed by atoms with Crippen molar-refractivity contribution in [2.45, 2.75) is 60.1 Å². The van der Waals surface area contributed by atoms with Crippen molar-refractivity contribution in [3.63, 3.8) is 0 Å². The third-order valence-corrected chi connectivity index (χ3v) is 18.6. The largest absolute Gasteiger partial charge is 0.420 e. The van der Waals surface area contributed by atoms with Crippen LogP contribution in [0.5, 0.6) is 0 Å². The number of aryl methyl sites for hydroxylation is 6. The van der Waals surface area contributed by atoms with E-state index in [1.165, 1.54) is 24.3 Å². The summed E-state index contributed by atoms with van der Waals surface area (Å²) in [7, 11) is 0. The van der Waals surface area contributed by atoms with Crippen LogP contribution >= 0.6 is 0 Å². The third kappa shape index (κ3) is 9.85. The average molecular weight is 1280 g/mol. The van der Waals surface area contributed by atoms with Crippen LogP contribution in [0, 0.1) is 52.9 Å². The van der Waals surface area contributed by atoms with Gasteiger partial charge in [-0.15, -0.1) is 0 Å². The second-order valence-corrected chi connectivity index (χ2v) is 24.9. The second kappa shape index (κ2) is 22.4. The average Bonchev–Trinajstić information content (AvgIpc) is 1.50. The first-order chi connectivity index (χ1) is 46.0. The highest BCUT2D eigenvalue weighted by Gasteiger charge is 2.41. The Morgan fingerprint density at radius 3 is 0.833 bits per heavy atom. The van der Waals surface area contributed by atoms with Crippen LogP contribution in [0.1, 0.15) is 55.6 Å². The molecule has 0 saturated carbocycles. The number of nitriles is 1. The quantitative estimate of drug-likeness (QED) is 0.153. The van der Waals surface area contributed by atoms with Crippen molar-refractivity contribution in [2.24, 2.45) is 0 Å². The first-order valence-corrected chi connectivity index (χ1v) is 31.2. The SMILES string of the molecule is Cc1ccc2c(c1)c1ccccc1n2-c1cc(-c2c(C)cccc2C(F)(F)F)cc(-n2c3ccccc3c3cc(C)ccc32)c1C#N.Cc1ccc2c(c1)c1ccccc1n2-c1cc(-c2c(C)cccc2C(F)(F)F)cc(-n2c3ccccc3c3cc(C)ccc32)c1C(F)(F)F. The van der Waals surface area contributed by atoms with Gasteiger partial charge in [0.1, 0.15) is 17.2 Å². The number of hydrogen-bond donors (Lipinski definition) is 0. The maximum atomic E-state index is 15.9. The topological polar surface area (TPSA) is 43.5 Å². The molecule has 0 atom stereocenters. The maximum absolute atomic E-state index is 15.9. The molecule has 472 valence electrons. The number of aromatic nitrogens is 4. The Morgan fingerprint density at radius 1 is 0.281 bits per heavy atom. The summed E-state index contributed by atoms with van der Waals surface area (Å²) in [6, 6.07) is 70.3. The Balaban J connectivity index is 0.000000158. The number of alkyl halides is 9. The molecule has 0 spiro atoms. The molecule has 96 heavy (non-hydrogen) atoms. The number of nitrogens with zero attached hydrogens (tertiary/aromatic N) is 5. The van der Waals surface area contributed by atoms with Crippen molar-refractivity contribution in [3.05, 3.63) is 286 Å². The molecule has 16 aromatic rings. The fourth-order valence-corrected chi connectivity index (χ4v) is 14.6. The lowest BCUT2D eigenvalue weighted by atomic mass is 9.92. The number of para-hydroxylation sites is 4. The normalized spacial score (nSPS) is 12.3. The summed E-state index contributed by atoms with van der Waals surface area (Å²) >= 11 is 0. The Bertz CT molecular complexity index is 5680. The zero-order chi connectivity index (χ0) is 67.0. The molecule has 4 aromatic heterocycles. The summed E-state index contributed by atoms with van der Waals surface area (Å²) < 4.78 is 143. The number of hydrogen-bond acceptors (Lipinski definition) is 1. The van der Waals surface area contributed by atoms with Gasteiger partial charge < -0.3 is 18.3 Å². The van der Waals surface area contributed by atoms with Crippen molar-refractivity contribution in [1.82, 2.24) is 18.3 Å². The molecule has 0 radical (unpaired) electrons. The van der Waals surface area contributed by atoms with Crippen LogP contribution in [0.4, 0.5) is 39.5 Å². The summed E-state index contributed by atoms with van der Waals surface area (Å²) in [6.07, 6.45) is -14.2. The van der Waals surface area contributed by atoms with E-state index in [9.17, 15) is 31.6 Å². The van der Waals surface area contributed by atoms with Crippen molar-refractivity contribution >= 4 is 87.2 Å². The van der Waals surface area contributed by atoms with E-state index in [4.69, 9.17) is 0 Å². The van der Waals surface area contributed by atoms with E-state index < -0.39 is 35.2 Å². The van der Waals surface area contributed by atoms with Gasteiger partial charge in [0.25, 0.3) is 0 Å². The van der Waals surface area contributed by atoms with E-state index in [0.29, 0.717) is 55.7 Å². The molecule has 0 bridgehead atoms. The lowest BCUT2D eigenvalue weighted by Crippen LogP contribution is -2.16. The molecule has 16 rings (SSSR count). The summed E-state index contributed by atoms with van der Waals surface area (Å²) in [5, 5.41) is 18.0. The molecule has 0 saturated heterocycles. The van der Waals surface area contributed by atoms with Crippen LogP contribution in [0.15, 0.2) is 231 Å². The Labute approximate surface area is 544 Å². The third-order valence-electron chi connectivity index (χ3n) is 18.6.